The van der Waals surface area contributed by atoms with Crippen LogP contribution in [0.2, 0.25) is 0 Å². The summed E-state index contributed by atoms with van der Waals surface area (Å²) in [6.45, 7) is 3.70. The van der Waals surface area contributed by atoms with E-state index < -0.39 is 0 Å². The lowest BCUT2D eigenvalue weighted by Gasteiger charge is -2.19. The first-order valence-electron chi connectivity index (χ1n) is 7.42. The van der Waals surface area contributed by atoms with E-state index in [1.165, 1.54) is 11.8 Å². The van der Waals surface area contributed by atoms with Gasteiger partial charge in [0.25, 0.3) is 0 Å². The zero-order chi connectivity index (χ0) is 15.5. The van der Waals surface area contributed by atoms with Crippen molar-refractivity contribution < 1.29 is 4.79 Å². The summed E-state index contributed by atoms with van der Waals surface area (Å²) in [6, 6.07) is 3.80. The number of pyridine rings is 1. The molecule has 6 nitrogen and oxygen atoms in total. The van der Waals surface area contributed by atoms with Crippen molar-refractivity contribution in [3.05, 3.63) is 24.5 Å². The third kappa shape index (κ3) is 2.99. The van der Waals surface area contributed by atoms with Crippen molar-refractivity contribution >= 4 is 17.7 Å². The second-order valence-corrected chi connectivity index (χ2v) is 6.70. The number of likely N-dealkylation sites (tertiary alicyclic amines) is 1. The first-order chi connectivity index (χ1) is 10.7. The van der Waals surface area contributed by atoms with Crippen LogP contribution < -0.4 is 0 Å². The molecule has 1 aliphatic rings. The van der Waals surface area contributed by atoms with Crippen LogP contribution in [-0.4, -0.2) is 48.9 Å². The van der Waals surface area contributed by atoms with Gasteiger partial charge in [-0.2, -0.15) is 0 Å². The Morgan fingerprint density at radius 1 is 1.23 bits per heavy atom. The maximum absolute atomic E-state index is 12.4. The molecule has 0 bridgehead atoms. The molecule has 1 fully saturated rings. The van der Waals surface area contributed by atoms with Crippen LogP contribution in [-0.2, 0) is 11.8 Å². The monoisotopic (exact) mass is 317 g/mol. The Morgan fingerprint density at radius 3 is 2.59 bits per heavy atom. The highest BCUT2D eigenvalue weighted by Crippen LogP contribution is 2.26. The summed E-state index contributed by atoms with van der Waals surface area (Å²) < 4.78 is 1.92. The predicted molar refractivity (Wildman–Crippen MR) is 85.4 cm³/mol. The van der Waals surface area contributed by atoms with Crippen molar-refractivity contribution in [1.29, 1.82) is 0 Å². The molecule has 1 aliphatic heterocycles. The van der Waals surface area contributed by atoms with Crippen molar-refractivity contribution in [3.8, 4) is 11.4 Å². The topological polar surface area (TPSA) is 63.9 Å². The highest BCUT2D eigenvalue weighted by atomic mass is 32.2. The number of carbonyl (C=O) groups excluding carboxylic acids is 1. The predicted octanol–water partition coefficient (Wildman–Crippen LogP) is 1.98. The van der Waals surface area contributed by atoms with Gasteiger partial charge in [-0.3, -0.25) is 9.78 Å². The van der Waals surface area contributed by atoms with Crippen LogP contribution in [0, 0.1) is 0 Å². The molecule has 1 amide bonds. The fourth-order valence-corrected chi connectivity index (χ4v) is 3.47. The Morgan fingerprint density at radius 2 is 1.91 bits per heavy atom. The fraction of sp³-hybridized carbons (Fsp3) is 0.467. The molecule has 0 N–H and O–H groups in total. The Hall–Kier alpha value is -1.89. The van der Waals surface area contributed by atoms with Gasteiger partial charge in [0.2, 0.25) is 5.91 Å². The number of rotatable bonds is 4. The molecule has 0 aromatic carbocycles. The largest absolute Gasteiger partial charge is 0.342 e. The van der Waals surface area contributed by atoms with Gasteiger partial charge in [-0.05, 0) is 31.9 Å². The van der Waals surface area contributed by atoms with E-state index in [4.69, 9.17) is 0 Å². The molecular formula is C15H19N5OS. The molecule has 0 aliphatic carbocycles. The van der Waals surface area contributed by atoms with E-state index in [0.29, 0.717) is 0 Å². The van der Waals surface area contributed by atoms with Crippen LogP contribution in [0.15, 0.2) is 29.7 Å². The van der Waals surface area contributed by atoms with Crippen LogP contribution >= 0.6 is 11.8 Å². The van der Waals surface area contributed by atoms with Crippen LogP contribution in [0.3, 0.4) is 0 Å². The SMILES string of the molecule is C[C@@H](Sc1nnc(-c2ccncc2)n1C)C(=O)N1CCCC1. The molecule has 3 rings (SSSR count). The molecule has 1 atom stereocenters. The molecule has 2 aromatic heterocycles. The van der Waals surface area contributed by atoms with E-state index in [1.54, 1.807) is 12.4 Å². The van der Waals surface area contributed by atoms with E-state index >= 15 is 0 Å². The fourth-order valence-electron chi connectivity index (χ4n) is 2.57. The molecule has 2 aromatic rings. The smallest absolute Gasteiger partial charge is 0.235 e. The standard InChI is InChI=1S/C15H19N5OS/c1-11(14(21)20-9-3-4-10-20)22-15-18-17-13(19(15)2)12-5-7-16-8-6-12/h5-8,11H,3-4,9-10H2,1-2H3/t11-/m1/s1. The summed E-state index contributed by atoms with van der Waals surface area (Å²) in [4.78, 5) is 18.3. The van der Waals surface area contributed by atoms with Crippen LogP contribution in [0.25, 0.3) is 11.4 Å². The van der Waals surface area contributed by atoms with E-state index in [2.05, 4.69) is 15.2 Å². The lowest BCUT2D eigenvalue weighted by Crippen LogP contribution is -2.34. The molecule has 1 saturated heterocycles. The third-order valence-electron chi connectivity index (χ3n) is 3.82. The average Bonchev–Trinajstić information content (AvgIpc) is 3.18. The highest BCUT2D eigenvalue weighted by Gasteiger charge is 2.25. The van der Waals surface area contributed by atoms with E-state index in [9.17, 15) is 4.79 Å². The normalized spacial score (nSPS) is 16.0. The van der Waals surface area contributed by atoms with Gasteiger partial charge in [-0.15, -0.1) is 10.2 Å². The average molecular weight is 317 g/mol. The zero-order valence-corrected chi connectivity index (χ0v) is 13.6. The minimum atomic E-state index is -0.147. The second-order valence-electron chi connectivity index (χ2n) is 5.39. The summed E-state index contributed by atoms with van der Waals surface area (Å²) in [6.07, 6.45) is 5.69. The highest BCUT2D eigenvalue weighted by molar-refractivity contribution is 8.00. The first kappa shape index (κ1) is 15.0. The molecule has 0 unspecified atom stereocenters. The van der Waals surface area contributed by atoms with Crippen molar-refractivity contribution in [2.45, 2.75) is 30.2 Å². The molecule has 0 saturated carbocycles. The summed E-state index contributed by atoms with van der Waals surface area (Å²) in [5, 5.41) is 9.07. The zero-order valence-electron chi connectivity index (χ0n) is 12.8. The Bertz CT molecular complexity index is 651. The number of nitrogens with zero attached hydrogens (tertiary/aromatic N) is 5. The van der Waals surface area contributed by atoms with Gasteiger partial charge in [0.05, 0.1) is 5.25 Å². The number of carbonyl (C=O) groups is 1. The maximum Gasteiger partial charge on any atom is 0.235 e. The quantitative estimate of drug-likeness (QED) is 0.807. The molecule has 3 heterocycles. The summed E-state index contributed by atoms with van der Waals surface area (Å²) in [7, 11) is 1.92. The van der Waals surface area contributed by atoms with Crippen LogP contribution in [0.5, 0.6) is 0 Å². The van der Waals surface area contributed by atoms with Crippen LogP contribution in [0.1, 0.15) is 19.8 Å². The summed E-state index contributed by atoms with van der Waals surface area (Å²) >= 11 is 1.46. The van der Waals surface area contributed by atoms with Gasteiger partial charge in [0.15, 0.2) is 11.0 Å². The van der Waals surface area contributed by atoms with E-state index in [0.717, 1.165) is 42.5 Å². The Labute approximate surface area is 133 Å². The Kier molecular flexibility index (Phi) is 4.42. The van der Waals surface area contributed by atoms with Crippen LogP contribution in [0.4, 0.5) is 0 Å². The van der Waals surface area contributed by atoms with Crippen molar-refractivity contribution in [1.82, 2.24) is 24.6 Å². The van der Waals surface area contributed by atoms with Crippen molar-refractivity contribution in [3.63, 3.8) is 0 Å². The van der Waals surface area contributed by atoms with Gasteiger partial charge in [0, 0.05) is 38.1 Å². The number of aromatic nitrogens is 4. The van der Waals surface area contributed by atoms with Crippen molar-refractivity contribution in [2.24, 2.45) is 7.05 Å². The lowest BCUT2D eigenvalue weighted by atomic mass is 10.2. The number of thioether (sulfide) groups is 1. The van der Waals surface area contributed by atoms with Gasteiger partial charge < -0.3 is 9.47 Å². The number of amides is 1. The summed E-state index contributed by atoms with van der Waals surface area (Å²) in [5.74, 6) is 0.974. The molecule has 116 valence electrons. The van der Waals surface area contributed by atoms with Crippen molar-refractivity contribution in [2.75, 3.05) is 13.1 Å². The molecule has 0 radical (unpaired) electrons. The maximum atomic E-state index is 12.4. The minimum absolute atomic E-state index is 0.147. The van der Waals surface area contributed by atoms with E-state index in [-0.39, 0.29) is 11.2 Å². The minimum Gasteiger partial charge on any atom is -0.342 e. The number of hydrogen-bond acceptors (Lipinski definition) is 5. The third-order valence-corrected chi connectivity index (χ3v) is 4.94. The number of hydrogen-bond donors (Lipinski definition) is 0. The van der Waals surface area contributed by atoms with Gasteiger partial charge >= 0.3 is 0 Å². The first-order valence-corrected chi connectivity index (χ1v) is 8.30. The van der Waals surface area contributed by atoms with E-state index in [1.807, 2.05) is 35.6 Å². The Balaban J connectivity index is 1.73. The molecule has 22 heavy (non-hydrogen) atoms. The van der Waals surface area contributed by atoms with Gasteiger partial charge in [-0.1, -0.05) is 11.8 Å². The molecule has 7 heteroatoms. The van der Waals surface area contributed by atoms with Gasteiger partial charge in [-0.25, -0.2) is 0 Å². The molecular weight excluding hydrogens is 298 g/mol. The second kappa shape index (κ2) is 6.48. The lowest BCUT2D eigenvalue weighted by molar-refractivity contribution is -0.129. The summed E-state index contributed by atoms with van der Waals surface area (Å²) in [5.41, 5.74) is 0.968. The van der Waals surface area contributed by atoms with Gasteiger partial charge in [0.1, 0.15) is 0 Å². The molecule has 0 spiro atoms.